The highest BCUT2D eigenvalue weighted by Gasteiger charge is 2.46. The molecule has 1 unspecified atom stereocenters. The molecule has 0 spiro atoms. The lowest BCUT2D eigenvalue weighted by atomic mass is 9.76. The first-order chi connectivity index (χ1) is 18.8. The summed E-state index contributed by atoms with van der Waals surface area (Å²) >= 11 is 0. The summed E-state index contributed by atoms with van der Waals surface area (Å²) in [5.41, 5.74) is -3.59. The number of nitriles is 1. The Labute approximate surface area is 228 Å². The first-order valence-corrected chi connectivity index (χ1v) is 13.7. The fourth-order valence-corrected chi connectivity index (χ4v) is 6.31. The molecule has 1 atom stereocenters. The zero-order valence-electron chi connectivity index (χ0n) is 21.0. The number of piperidine rings is 1. The number of benzene rings is 3. The highest BCUT2D eigenvalue weighted by molar-refractivity contribution is 7.89. The van der Waals surface area contributed by atoms with E-state index >= 15 is 0 Å². The van der Waals surface area contributed by atoms with Crippen molar-refractivity contribution in [1.29, 1.82) is 5.26 Å². The zero-order chi connectivity index (χ0) is 29.1. The van der Waals surface area contributed by atoms with Gasteiger partial charge in [0.05, 0.1) is 22.1 Å². The minimum Gasteiger partial charge on any atom is -0.379 e. The van der Waals surface area contributed by atoms with E-state index in [9.17, 15) is 35.9 Å². The van der Waals surface area contributed by atoms with Crippen LogP contribution in [0.5, 0.6) is 0 Å². The number of alkyl halides is 3. The van der Waals surface area contributed by atoms with Crippen molar-refractivity contribution in [3.63, 3.8) is 0 Å². The predicted molar refractivity (Wildman–Crippen MR) is 138 cm³/mol. The number of nitrogens with one attached hydrogen (secondary N) is 1. The van der Waals surface area contributed by atoms with Crippen LogP contribution in [0, 0.1) is 23.1 Å². The summed E-state index contributed by atoms with van der Waals surface area (Å²) < 4.78 is 80.9. The second-order valence-corrected chi connectivity index (χ2v) is 11.5. The SMILES string of the molecule is N#Cc1ccc(NC(=O)C(O)(Cc2ccccc2)C2CCN(S(=O)(=O)c3ccc(F)cc3)CC2)cc1C(F)(F)F. The average Bonchev–Trinajstić information content (AvgIpc) is 2.93. The van der Waals surface area contributed by atoms with Crippen LogP contribution < -0.4 is 5.32 Å². The molecule has 12 heteroatoms. The largest absolute Gasteiger partial charge is 0.417 e. The van der Waals surface area contributed by atoms with Gasteiger partial charge in [0.25, 0.3) is 5.91 Å². The molecule has 4 rings (SSSR count). The maximum absolute atomic E-state index is 13.5. The van der Waals surface area contributed by atoms with Gasteiger partial charge in [0.1, 0.15) is 11.4 Å². The summed E-state index contributed by atoms with van der Waals surface area (Å²) in [7, 11) is -3.95. The molecule has 1 aliphatic heterocycles. The highest BCUT2D eigenvalue weighted by atomic mass is 32.2. The van der Waals surface area contributed by atoms with Crippen LogP contribution in [0.4, 0.5) is 23.2 Å². The Bertz CT molecular complexity index is 1520. The van der Waals surface area contributed by atoms with Gasteiger partial charge >= 0.3 is 6.18 Å². The number of halogens is 4. The maximum Gasteiger partial charge on any atom is 0.417 e. The molecule has 1 aliphatic rings. The van der Waals surface area contributed by atoms with Crippen molar-refractivity contribution in [1.82, 2.24) is 4.31 Å². The van der Waals surface area contributed by atoms with Gasteiger partial charge < -0.3 is 10.4 Å². The highest BCUT2D eigenvalue weighted by Crippen LogP contribution is 2.36. The van der Waals surface area contributed by atoms with E-state index in [0.717, 1.165) is 36.4 Å². The summed E-state index contributed by atoms with van der Waals surface area (Å²) in [6, 6.07) is 17.1. The van der Waals surface area contributed by atoms with E-state index < -0.39 is 50.6 Å². The summed E-state index contributed by atoms with van der Waals surface area (Å²) in [5, 5.41) is 23.2. The van der Waals surface area contributed by atoms with E-state index in [1.807, 2.05) is 0 Å². The molecule has 40 heavy (non-hydrogen) atoms. The van der Waals surface area contributed by atoms with Gasteiger partial charge in [0, 0.05) is 25.2 Å². The monoisotopic (exact) mass is 575 g/mol. The van der Waals surface area contributed by atoms with E-state index in [-0.39, 0.29) is 42.9 Å². The zero-order valence-corrected chi connectivity index (χ0v) is 21.8. The van der Waals surface area contributed by atoms with Crippen LogP contribution in [0.2, 0.25) is 0 Å². The number of rotatable bonds is 7. The number of hydrogen-bond acceptors (Lipinski definition) is 5. The van der Waals surface area contributed by atoms with Crippen LogP contribution in [-0.2, 0) is 27.4 Å². The fourth-order valence-electron chi connectivity index (χ4n) is 4.84. The molecule has 3 aromatic rings. The maximum atomic E-state index is 13.5. The summed E-state index contributed by atoms with van der Waals surface area (Å²) in [6.45, 7) is -0.0757. The van der Waals surface area contributed by atoms with E-state index in [2.05, 4.69) is 5.32 Å². The first-order valence-electron chi connectivity index (χ1n) is 12.3. The molecule has 1 heterocycles. The smallest absolute Gasteiger partial charge is 0.379 e. The van der Waals surface area contributed by atoms with Crippen LogP contribution in [0.25, 0.3) is 0 Å². The van der Waals surface area contributed by atoms with E-state index in [4.69, 9.17) is 5.26 Å². The second-order valence-electron chi connectivity index (χ2n) is 9.54. The van der Waals surface area contributed by atoms with Gasteiger partial charge in [-0.2, -0.15) is 22.7 Å². The summed E-state index contributed by atoms with van der Waals surface area (Å²) in [4.78, 5) is 13.4. The van der Waals surface area contributed by atoms with Crippen LogP contribution >= 0.6 is 0 Å². The average molecular weight is 576 g/mol. The van der Waals surface area contributed by atoms with Crippen molar-refractivity contribution in [2.45, 2.75) is 35.9 Å². The molecule has 210 valence electrons. The van der Waals surface area contributed by atoms with E-state index in [0.29, 0.717) is 11.6 Å². The summed E-state index contributed by atoms with van der Waals surface area (Å²) in [6.07, 6.45) is -4.84. The van der Waals surface area contributed by atoms with Crippen molar-refractivity contribution >= 4 is 21.6 Å². The molecular formula is C28H25F4N3O4S. The van der Waals surface area contributed by atoms with Gasteiger partial charge in [-0.1, -0.05) is 30.3 Å². The molecule has 0 saturated carbocycles. The molecule has 1 amide bonds. The normalized spacial score (nSPS) is 16.6. The van der Waals surface area contributed by atoms with Crippen LogP contribution in [-0.4, -0.2) is 42.4 Å². The number of carbonyl (C=O) groups excluding carboxylic acids is 1. The van der Waals surface area contributed by atoms with Crippen molar-refractivity contribution in [2.24, 2.45) is 5.92 Å². The number of carbonyl (C=O) groups is 1. The molecule has 0 aromatic heterocycles. The Kier molecular flexibility index (Phi) is 8.30. The van der Waals surface area contributed by atoms with Crippen LogP contribution in [0.1, 0.15) is 29.5 Å². The lowest BCUT2D eigenvalue weighted by Gasteiger charge is -2.40. The minimum atomic E-state index is -4.84. The molecule has 0 radical (unpaired) electrons. The number of amides is 1. The van der Waals surface area contributed by atoms with Gasteiger partial charge in [-0.15, -0.1) is 0 Å². The quantitative estimate of drug-likeness (QED) is 0.396. The minimum absolute atomic E-state index is 0.0379. The Morgan fingerprint density at radius 2 is 1.65 bits per heavy atom. The molecule has 1 saturated heterocycles. The van der Waals surface area contributed by atoms with Crippen molar-refractivity contribution in [3.05, 3.63) is 95.3 Å². The third-order valence-electron chi connectivity index (χ3n) is 6.99. The molecule has 7 nitrogen and oxygen atoms in total. The number of aliphatic hydroxyl groups is 1. The van der Waals surface area contributed by atoms with Crippen molar-refractivity contribution in [3.8, 4) is 6.07 Å². The molecule has 3 aromatic carbocycles. The predicted octanol–water partition coefficient (Wildman–Crippen LogP) is 4.73. The summed E-state index contributed by atoms with van der Waals surface area (Å²) in [5.74, 6) is -2.28. The van der Waals surface area contributed by atoms with E-state index in [1.165, 1.54) is 10.4 Å². The van der Waals surface area contributed by atoms with Gasteiger partial charge in [0.15, 0.2) is 0 Å². The van der Waals surface area contributed by atoms with Gasteiger partial charge in [0.2, 0.25) is 10.0 Å². The standard InChI is InChI=1S/C28H25F4N3O4S/c29-22-7-10-24(11-8-22)40(38,39)35-14-12-21(13-15-35)27(37,17-19-4-2-1-3-5-19)26(36)34-23-9-6-20(18-33)25(16-23)28(30,31)32/h1-11,16,21,37H,12-15,17H2,(H,34,36). The lowest BCUT2D eigenvalue weighted by molar-refractivity contribution is -0.142. The Hall–Kier alpha value is -3.79. The number of anilines is 1. The Balaban J connectivity index is 1.59. The molecule has 0 aliphatic carbocycles. The molecular weight excluding hydrogens is 550 g/mol. The lowest BCUT2D eigenvalue weighted by Crippen LogP contribution is -2.54. The molecule has 2 N–H and O–H groups in total. The van der Waals surface area contributed by atoms with Gasteiger partial charge in [-0.3, -0.25) is 4.79 Å². The topological polar surface area (TPSA) is 110 Å². The van der Waals surface area contributed by atoms with E-state index in [1.54, 1.807) is 30.3 Å². The molecule has 1 fully saturated rings. The number of nitrogens with zero attached hydrogens (tertiary/aromatic N) is 2. The molecule has 0 bridgehead atoms. The second kappa shape index (κ2) is 11.4. The Morgan fingerprint density at radius 1 is 1.02 bits per heavy atom. The van der Waals surface area contributed by atoms with Crippen molar-refractivity contribution < 1.29 is 35.9 Å². The Morgan fingerprint density at radius 3 is 2.23 bits per heavy atom. The fraction of sp³-hybridized carbons (Fsp3) is 0.286. The number of sulfonamides is 1. The first kappa shape index (κ1) is 29.2. The third-order valence-corrected chi connectivity index (χ3v) is 8.91. The van der Waals surface area contributed by atoms with Gasteiger partial charge in [-0.25, -0.2) is 12.8 Å². The van der Waals surface area contributed by atoms with Crippen molar-refractivity contribution in [2.75, 3.05) is 18.4 Å². The van der Waals surface area contributed by atoms with Crippen LogP contribution in [0.15, 0.2) is 77.7 Å². The van der Waals surface area contributed by atoms with Gasteiger partial charge in [-0.05, 0) is 66.8 Å². The third kappa shape index (κ3) is 6.17. The van der Waals surface area contributed by atoms with Crippen LogP contribution in [0.3, 0.4) is 0 Å². The number of hydrogen-bond donors (Lipinski definition) is 2.